The highest BCUT2D eigenvalue weighted by Crippen LogP contribution is 2.25. The predicted molar refractivity (Wildman–Crippen MR) is 103 cm³/mol. The van der Waals surface area contributed by atoms with Gasteiger partial charge in [0.2, 0.25) is 0 Å². The maximum absolute atomic E-state index is 13.5. The van der Waals surface area contributed by atoms with E-state index in [1.165, 1.54) is 17.3 Å². The number of nitrogens with zero attached hydrogens (tertiary/aromatic N) is 2. The molecule has 0 bridgehead atoms. The molecule has 26 heavy (non-hydrogen) atoms. The molecule has 1 N–H and O–H groups in total. The second-order valence-electron chi connectivity index (χ2n) is 6.61. The van der Waals surface area contributed by atoms with Crippen molar-refractivity contribution in [3.05, 3.63) is 58.9 Å². The molecule has 1 fully saturated rings. The first-order valence-electron chi connectivity index (χ1n) is 8.82. The van der Waals surface area contributed by atoms with Gasteiger partial charge in [-0.2, -0.15) is 0 Å². The number of para-hydroxylation sites is 1. The summed E-state index contributed by atoms with van der Waals surface area (Å²) in [5.41, 5.74) is 2.38. The van der Waals surface area contributed by atoms with Crippen LogP contribution >= 0.6 is 11.6 Å². The lowest BCUT2D eigenvalue weighted by Gasteiger charge is -2.37. The third-order valence-electron chi connectivity index (χ3n) is 4.62. The number of piperazine rings is 1. The van der Waals surface area contributed by atoms with Gasteiger partial charge in [-0.15, -0.1) is 0 Å². The monoisotopic (exact) mass is 378 g/mol. The van der Waals surface area contributed by atoms with Crippen LogP contribution in [0.5, 0.6) is 5.75 Å². The third-order valence-corrected chi connectivity index (χ3v) is 4.86. The second-order valence-corrected chi connectivity index (χ2v) is 7.05. The van der Waals surface area contributed by atoms with E-state index >= 15 is 0 Å². The van der Waals surface area contributed by atoms with Crippen LogP contribution in [-0.2, 0) is 0 Å². The van der Waals surface area contributed by atoms with Crippen molar-refractivity contribution in [2.75, 3.05) is 44.2 Å². The van der Waals surface area contributed by atoms with Crippen LogP contribution in [0.15, 0.2) is 42.5 Å². The normalized spacial score (nSPS) is 16.5. The molecule has 0 saturated carbocycles. The molecule has 3 rings (SSSR count). The Balaban J connectivity index is 1.46. The first-order valence-corrected chi connectivity index (χ1v) is 9.19. The van der Waals surface area contributed by atoms with Gasteiger partial charge in [-0.1, -0.05) is 29.8 Å². The zero-order valence-corrected chi connectivity index (χ0v) is 15.6. The maximum Gasteiger partial charge on any atom is 0.165 e. The summed E-state index contributed by atoms with van der Waals surface area (Å²) in [7, 11) is 0. The Morgan fingerprint density at radius 3 is 2.62 bits per heavy atom. The third kappa shape index (κ3) is 4.87. The number of halogens is 2. The molecule has 1 heterocycles. The second kappa shape index (κ2) is 8.71. The molecule has 4 nitrogen and oxygen atoms in total. The summed E-state index contributed by atoms with van der Waals surface area (Å²) in [6, 6.07) is 12.2. The quantitative estimate of drug-likeness (QED) is 0.836. The molecule has 1 atom stereocenters. The summed E-state index contributed by atoms with van der Waals surface area (Å²) in [4.78, 5) is 4.52. The van der Waals surface area contributed by atoms with E-state index in [-0.39, 0.29) is 12.4 Å². The van der Waals surface area contributed by atoms with Crippen LogP contribution in [-0.4, -0.2) is 55.4 Å². The van der Waals surface area contributed by atoms with Gasteiger partial charge in [0.25, 0.3) is 0 Å². The Morgan fingerprint density at radius 1 is 1.15 bits per heavy atom. The number of hydrogen-bond acceptors (Lipinski definition) is 4. The predicted octanol–water partition coefficient (Wildman–Crippen LogP) is 3.35. The number of β-amino-alcohol motifs (C(OH)–C–C–N with tert-alkyl or cyclic N) is 1. The molecular weight excluding hydrogens is 355 g/mol. The number of ether oxygens (including phenoxy) is 1. The molecule has 1 saturated heterocycles. The number of anilines is 1. The molecular formula is C20H24ClFN2O2. The molecule has 0 radical (unpaired) electrons. The Bertz CT molecular complexity index is 736. The highest BCUT2D eigenvalue weighted by molar-refractivity contribution is 6.30. The van der Waals surface area contributed by atoms with Crippen molar-refractivity contribution < 1.29 is 14.2 Å². The Kier molecular flexibility index (Phi) is 6.35. The van der Waals surface area contributed by atoms with Gasteiger partial charge in [0.05, 0.1) is 0 Å². The van der Waals surface area contributed by atoms with Gasteiger partial charge in [-0.3, -0.25) is 4.90 Å². The number of aliphatic hydroxyl groups excluding tert-OH is 1. The number of benzene rings is 2. The largest absolute Gasteiger partial charge is 0.488 e. The van der Waals surface area contributed by atoms with Crippen molar-refractivity contribution in [3.63, 3.8) is 0 Å². The van der Waals surface area contributed by atoms with Crippen LogP contribution in [0.2, 0.25) is 5.02 Å². The van der Waals surface area contributed by atoms with Gasteiger partial charge in [-0.05, 0) is 36.8 Å². The average Bonchev–Trinajstić information content (AvgIpc) is 2.64. The van der Waals surface area contributed by atoms with Crippen LogP contribution in [0, 0.1) is 12.7 Å². The Morgan fingerprint density at radius 2 is 1.88 bits per heavy atom. The molecule has 0 amide bonds. The molecule has 140 valence electrons. The summed E-state index contributed by atoms with van der Waals surface area (Å²) < 4.78 is 18.9. The maximum atomic E-state index is 13.5. The number of aryl methyl sites for hydroxylation is 1. The van der Waals surface area contributed by atoms with Crippen molar-refractivity contribution >= 4 is 17.3 Å². The summed E-state index contributed by atoms with van der Waals surface area (Å²) in [5.74, 6) is -0.238. The van der Waals surface area contributed by atoms with E-state index in [0.29, 0.717) is 6.54 Å². The molecule has 0 unspecified atom stereocenters. The SMILES string of the molecule is Cc1ccc(Cl)cc1N1CCN(C[C@H](O)COc2ccccc2F)CC1. The summed E-state index contributed by atoms with van der Waals surface area (Å²) in [5, 5.41) is 10.9. The van der Waals surface area contributed by atoms with E-state index in [9.17, 15) is 9.50 Å². The number of hydrogen-bond donors (Lipinski definition) is 1. The van der Waals surface area contributed by atoms with Gasteiger partial charge in [0.1, 0.15) is 12.7 Å². The molecule has 0 aliphatic carbocycles. The average molecular weight is 379 g/mol. The van der Waals surface area contributed by atoms with E-state index in [0.717, 1.165) is 31.2 Å². The lowest BCUT2D eigenvalue weighted by Crippen LogP contribution is -2.49. The van der Waals surface area contributed by atoms with E-state index < -0.39 is 11.9 Å². The van der Waals surface area contributed by atoms with Crippen molar-refractivity contribution in [2.45, 2.75) is 13.0 Å². The number of rotatable bonds is 6. The van der Waals surface area contributed by atoms with Gasteiger partial charge >= 0.3 is 0 Å². The molecule has 2 aromatic rings. The van der Waals surface area contributed by atoms with Gasteiger partial charge in [0, 0.05) is 43.4 Å². The van der Waals surface area contributed by atoms with Gasteiger partial charge < -0.3 is 14.7 Å². The van der Waals surface area contributed by atoms with E-state index in [2.05, 4.69) is 16.7 Å². The minimum absolute atomic E-state index is 0.0779. The smallest absolute Gasteiger partial charge is 0.165 e. The van der Waals surface area contributed by atoms with Gasteiger partial charge in [-0.25, -0.2) is 4.39 Å². The fourth-order valence-electron chi connectivity index (χ4n) is 3.19. The highest BCUT2D eigenvalue weighted by atomic mass is 35.5. The topological polar surface area (TPSA) is 35.9 Å². The zero-order valence-electron chi connectivity index (χ0n) is 14.9. The van der Waals surface area contributed by atoms with Crippen LogP contribution in [0.4, 0.5) is 10.1 Å². The van der Waals surface area contributed by atoms with Crippen LogP contribution in [0.25, 0.3) is 0 Å². The van der Waals surface area contributed by atoms with Crippen LogP contribution in [0.3, 0.4) is 0 Å². The minimum Gasteiger partial charge on any atom is -0.488 e. The summed E-state index contributed by atoms with van der Waals surface area (Å²) >= 11 is 6.12. The first kappa shape index (κ1) is 19.0. The molecule has 6 heteroatoms. The fourth-order valence-corrected chi connectivity index (χ4v) is 3.36. The molecule has 2 aromatic carbocycles. The first-order chi connectivity index (χ1) is 12.5. The minimum atomic E-state index is -0.658. The molecule has 0 aromatic heterocycles. The van der Waals surface area contributed by atoms with Gasteiger partial charge in [0.15, 0.2) is 11.6 Å². The Hall–Kier alpha value is -1.82. The standard InChI is InChI=1S/C20H24ClFN2O2/c1-15-6-7-16(21)12-19(15)24-10-8-23(9-11-24)13-17(25)14-26-20-5-3-2-4-18(20)22/h2-7,12,17,25H,8-11,13-14H2,1H3/t17-/m0/s1. The lowest BCUT2D eigenvalue weighted by atomic mass is 10.1. The molecule has 1 aliphatic rings. The summed E-state index contributed by atoms with van der Waals surface area (Å²) in [6.07, 6.45) is -0.658. The Labute approximate surface area is 158 Å². The fraction of sp³-hybridized carbons (Fsp3) is 0.400. The van der Waals surface area contributed by atoms with E-state index in [4.69, 9.17) is 16.3 Å². The lowest BCUT2D eigenvalue weighted by molar-refractivity contribution is 0.0649. The molecule has 0 spiro atoms. The number of aliphatic hydroxyl groups is 1. The summed E-state index contributed by atoms with van der Waals surface area (Å²) in [6.45, 7) is 6.13. The zero-order chi connectivity index (χ0) is 18.5. The van der Waals surface area contributed by atoms with Crippen molar-refractivity contribution in [1.82, 2.24) is 4.90 Å². The van der Waals surface area contributed by atoms with Crippen molar-refractivity contribution in [3.8, 4) is 5.75 Å². The van der Waals surface area contributed by atoms with Crippen molar-refractivity contribution in [1.29, 1.82) is 0 Å². The van der Waals surface area contributed by atoms with E-state index in [1.807, 2.05) is 18.2 Å². The van der Waals surface area contributed by atoms with Crippen LogP contribution in [0.1, 0.15) is 5.56 Å². The van der Waals surface area contributed by atoms with Crippen molar-refractivity contribution in [2.24, 2.45) is 0 Å². The highest BCUT2D eigenvalue weighted by Gasteiger charge is 2.21. The van der Waals surface area contributed by atoms with E-state index in [1.54, 1.807) is 18.2 Å². The molecule has 1 aliphatic heterocycles. The van der Waals surface area contributed by atoms with Crippen LogP contribution < -0.4 is 9.64 Å².